The number of benzene rings is 1. The van der Waals surface area contributed by atoms with Crippen LogP contribution >= 0.6 is 0 Å². The van der Waals surface area contributed by atoms with Gasteiger partial charge in [0, 0.05) is 19.2 Å². The molecule has 1 atom stereocenters. The minimum absolute atomic E-state index is 0.0492. The van der Waals surface area contributed by atoms with Crippen molar-refractivity contribution in [1.29, 1.82) is 0 Å². The highest BCUT2D eigenvalue weighted by Gasteiger charge is 2.18. The molecule has 1 aliphatic heterocycles. The molecule has 1 unspecified atom stereocenters. The molecule has 0 radical (unpaired) electrons. The van der Waals surface area contributed by atoms with Gasteiger partial charge in [-0.3, -0.25) is 4.79 Å². The molecule has 1 aliphatic rings. The van der Waals surface area contributed by atoms with E-state index in [1.54, 1.807) is 6.07 Å². The molecular weight excluding hydrogens is 320 g/mol. The zero-order valence-electron chi connectivity index (χ0n) is 12.9. The molecule has 1 saturated heterocycles. The van der Waals surface area contributed by atoms with Crippen LogP contribution in [0.4, 0.5) is 8.78 Å². The van der Waals surface area contributed by atoms with Gasteiger partial charge < -0.3 is 19.2 Å². The number of ether oxygens (including phenoxy) is 2. The minimum atomic E-state index is -0.795. The van der Waals surface area contributed by atoms with Crippen LogP contribution in [-0.2, 0) is 11.3 Å². The lowest BCUT2D eigenvalue weighted by Gasteiger charge is -2.09. The molecule has 1 amide bonds. The maximum Gasteiger partial charge on any atom is 0.287 e. The molecule has 5 nitrogen and oxygen atoms in total. The van der Waals surface area contributed by atoms with E-state index in [9.17, 15) is 13.6 Å². The first-order valence-corrected chi connectivity index (χ1v) is 7.68. The summed E-state index contributed by atoms with van der Waals surface area (Å²) in [6, 6.07) is 6.13. The second-order valence-corrected chi connectivity index (χ2v) is 5.47. The normalized spacial score (nSPS) is 17.0. The number of amides is 1. The predicted molar refractivity (Wildman–Crippen MR) is 80.7 cm³/mol. The largest absolute Gasteiger partial charge is 0.483 e. The molecule has 2 aromatic rings. The Labute approximate surface area is 137 Å². The highest BCUT2D eigenvalue weighted by Crippen LogP contribution is 2.19. The van der Waals surface area contributed by atoms with Gasteiger partial charge in [-0.2, -0.15) is 0 Å². The molecule has 128 valence electrons. The first kappa shape index (κ1) is 16.4. The number of hydrogen-bond acceptors (Lipinski definition) is 4. The lowest BCUT2D eigenvalue weighted by atomic mass is 10.2. The van der Waals surface area contributed by atoms with E-state index in [1.165, 1.54) is 12.1 Å². The number of rotatable bonds is 6. The Hall–Kier alpha value is -2.41. The van der Waals surface area contributed by atoms with Crippen molar-refractivity contribution in [2.45, 2.75) is 25.6 Å². The summed E-state index contributed by atoms with van der Waals surface area (Å²) in [5.41, 5.74) is 0. The zero-order valence-corrected chi connectivity index (χ0v) is 12.9. The summed E-state index contributed by atoms with van der Waals surface area (Å²) in [5.74, 6) is -1.40. The Morgan fingerprint density at radius 2 is 2.17 bits per heavy atom. The number of carbonyl (C=O) groups excluding carboxylic acids is 1. The van der Waals surface area contributed by atoms with E-state index in [4.69, 9.17) is 13.9 Å². The smallest absolute Gasteiger partial charge is 0.287 e. The van der Waals surface area contributed by atoms with E-state index in [1.807, 2.05) is 0 Å². The van der Waals surface area contributed by atoms with Crippen LogP contribution in [0.25, 0.3) is 0 Å². The summed E-state index contributed by atoms with van der Waals surface area (Å²) in [4.78, 5) is 12.0. The number of nitrogens with one attached hydrogen (secondary N) is 1. The Morgan fingerprint density at radius 3 is 2.92 bits per heavy atom. The Bertz CT molecular complexity index is 710. The average Bonchev–Trinajstić information content (AvgIpc) is 3.23. The van der Waals surface area contributed by atoms with Crippen molar-refractivity contribution in [1.82, 2.24) is 5.32 Å². The number of halogens is 2. The maximum absolute atomic E-state index is 13.5. The van der Waals surface area contributed by atoms with Gasteiger partial charge in [0.2, 0.25) is 0 Å². The number of furan rings is 1. The van der Waals surface area contributed by atoms with Gasteiger partial charge in [-0.1, -0.05) is 0 Å². The van der Waals surface area contributed by atoms with Crippen molar-refractivity contribution >= 4 is 5.91 Å². The fraction of sp³-hybridized carbons (Fsp3) is 0.353. The fourth-order valence-corrected chi connectivity index (χ4v) is 2.42. The summed E-state index contributed by atoms with van der Waals surface area (Å²) in [6.07, 6.45) is 1.98. The SMILES string of the molecule is O=C(NCC1CCCO1)c1ccc(COc2ccc(F)cc2F)o1. The molecule has 1 fully saturated rings. The van der Waals surface area contributed by atoms with E-state index in [-0.39, 0.29) is 30.1 Å². The van der Waals surface area contributed by atoms with Crippen LogP contribution in [0.1, 0.15) is 29.2 Å². The topological polar surface area (TPSA) is 60.7 Å². The van der Waals surface area contributed by atoms with Crippen molar-refractivity contribution in [3.05, 3.63) is 53.5 Å². The van der Waals surface area contributed by atoms with Crippen molar-refractivity contribution in [2.75, 3.05) is 13.2 Å². The fourth-order valence-electron chi connectivity index (χ4n) is 2.42. The summed E-state index contributed by atoms with van der Waals surface area (Å²) >= 11 is 0. The molecule has 7 heteroatoms. The maximum atomic E-state index is 13.5. The van der Waals surface area contributed by atoms with Gasteiger partial charge in [0.15, 0.2) is 17.3 Å². The molecule has 24 heavy (non-hydrogen) atoms. The molecule has 0 aliphatic carbocycles. The van der Waals surface area contributed by atoms with Gasteiger partial charge >= 0.3 is 0 Å². The first-order chi connectivity index (χ1) is 11.6. The monoisotopic (exact) mass is 337 g/mol. The summed E-state index contributed by atoms with van der Waals surface area (Å²) in [6.45, 7) is 1.09. The van der Waals surface area contributed by atoms with Gasteiger partial charge in [-0.25, -0.2) is 8.78 Å². The number of hydrogen-bond donors (Lipinski definition) is 1. The molecule has 0 spiro atoms. The summed E-state index contributed by atoms with van der Waals surface area (Å²) in [7, 11) is 0. The Morgan fingerprint density at radius 1 is 1.29 bits per heavy atom. The number of carbonyl (C=O) groups is 1. The van der Waals surface area contributed by atoms with E-state index < -0.39 is 11.6 Å². The van der Waals surface area contributed by atoms with Crippen molar-refractivity contribution < 1.29 is 27.5 Å². The van der Waals surface area contributed by atoms with E-state index in [0.29, 0.717) is 12.3 Å². The van der Waals surface area contributed by atoms with Gasteiger partial charge in [-0.05, 0) is 37.1 Å². The molecule has 0 bridgehead atoms. The molecule has 0 saturated carbocycles. The third-order valence-corrected chi connectivity index (χ3v) is 3.66. The van der Waals surface area contributed by atoms with E-state index in [2.05, 4.69) is 5.32 Å². The quantitative estimate of drug-likeness (QED) is 0.880. The lowest BCUT2D eigenvalue weighted by Crippen LogP contribution is -2.31. The van der Waals surface area contributed by atoms with Crippen LogP contribution in [0.5, 0.6) is 5.75 Å². The van der Waals surface area contributed by atoms with E-state index in [0.717, 1.165) is 31.6 Å². The standard InChI is InChI=1S/C17H17F2NO4/c18-11-3-5-15(14(19)8-11)23-10-13-4-6-16(24-13)17(21)20-9-12-2-1-7-22-12/h3-6,8,12H,1-2,7,9-10H2,(H,20,21). The molecule has 1 N–H and O–H groups in total. The van der Waals surface area contributed by atoms with E-state index >= 15 is 0 Å². The van der Waals surface area contributed by atoms with Crippen LogP contribution < -0.4 is 10.1 Å². The summed E-state index contributed by atoms with van der Waals surface area (Å²) in [5, 5.41) is 2.74. The van der Waals surface area contributed by atoms with Gasteiger partial charge in [-0.15, -0.1) is 0 Å². The second-order valence-electron chi connectivity index (χ2n) is 5.47. The molecular formula is C17H17F2NO4. The van der Waals surface area contributed by atoms with Gasteiger partial charge in [0.1, 0.15) is 18.2 Å². The Kier molecular flexibility index (Phi) is 5.10. The molecule has 2 heterocycles. The van der Waals surface area contributed by atoms with Crippen molar-refractivity contribution in [2.24, 2.45) is 0 Å². The van der Waals surface area contributed by atoms with Crippen LogP contribution in [0.3, 0.4) is 0 Å². The van der Waals surface area contributed by atoms with Crippen LogP contribution in [0.2, 0.25) is 0 Å². The highest BCUT2D eigenvalue weighted by atomic mass is 19.1. The summed E-state index contributed by atoms with van der Waals surface area (Å²) < 4.78 is 42.3. The predicted octanol–water partition coefficient (Wildman–Crippen LogP) is 3.05. The average molecular weight is 337 g/mol. The minimum Gasteiger partial charge on any atom is -0.483 e. The first-order valence-electron chi connectivity index (χ1n) is 7.68. The zero-order chi connectivity index (χ0) is 16.9. The molecule has 1 aromatic heterocycles. The molecule has 1 aromatic carbocycles. The van der Waals surface area contributed by atoms with Crippen LogP contribution in [0, 0.1) is 11.6 Å². The van der Waals surface area contributed by atoms with Gasteiger partial charge in [0.25, 0.3) is 5.91 Å². The lowest BCUT2D eigenvalue weighted by molar-refractivity contribution is 0.0832. The highest BCUT2D eigenvalue weighted by molar-refractivity contribution is 5.91. The van der Waals surface area contributed by atoms with Crippen LogP contribution in [-0.4, -0.2) is 25.2 Å². The second kappa shape index (κ2) is 7.44. The third-order valence-electron chi connectivity index (χ3n) is 3.66. The molecule has 3 rings (SSSR count). The van der Waals surface area contributed by atoms with Crippen LogP contribution in [0.15, 0.2) is 34.7 Å². The third kappa shape index (κ3) is 4.11. The van der Waals surface area contributed by atoms with Crippen molar-refractivity contribution in [3.8, 4) is 5.75 Å². The van der Waals surface area contributed by atoms with Gasteiger partial charge in [0.05, 0.1) is 6.10 Å². The Balaban J connectivity index is 1.51. The van der Waals surface area contributed by atoms with Crippen molar-refractivity contribution in [3.63, 3.8) is 0 Å².